The van der Waals surface area contributed by atoms with Gasteiger partial charge in [-0.15, -0.1) is 0 Å². The molecule has 0 spiro atoms. The molecule has 0 unspecified atom stereocenters. The van der Waals surface area contributed by atoms with Crippen LogP contribution >= 0.6 is 0 Å². The molecule has 27 heavy (non-hydrogen) atoms. The number of ether oxygens (including phenoxy) is 1. The maximum Gasteiger partial charge on any atom is 0.311 e. The molecule has 1 saturated heterocycles. The van der Waals surface area contributed by atoms with E-state index in [1.54, 1.807) is 17.0 Å². The Morgan fingerprint density at radius 1 is 1.30 bits per heavy atom. The number of rotatable bonds is 6. The number of aryl methyl sites for hydroxylation is 2. The molecule has 1 N–H and O–H groups in total. The van der Waals surface area contributed by atoms with Crippen molar-refractivity contribution in [2.45, 2.75) is 26.8 Å². The van der Waals surface area contributed by atoms with Crippen LogP contribution in [0.1, 0.15) is 23.3 Å². The SMILES string of the molecule is Cc1ccc(NC(=O)COC(=O)[C@H]2CC(=O)N(Cc3ccco3)C2)c(C)c1. The topological polar surface area (TPSA) is 88.8 Å². The Kier molecular flexibility index (Phi) is 5.59. The van der Waals surface area contributed by atoms with Gasteiger partial charge in [0.1, 0.15) is 5.76 Å². The van der Waals surface area contributed by atoms with Crippen LogP contribution in [0.2, 0.25) is 0 Å². The zero-order valence-electron chi connectivity index (χ0n) is 15.4. The van der Waals surface area contributed by atoms with E-state index in [9.17, 15) is 14.4 Å². The molecule has 0 saturated carbocycles. The number of anilines is 1. The largest absolute Gasteiger partial charge is 0.467 e. The van der Waals surface area contributed by atoms with Crippen LogP contribution in [0.4, 0.5) is 5.69 Å². The molecule has 1 aromatic carbocycles. The molecular weight excluding hydrogens is 348 g/mol. The average Bonchev–Trinajstić information content (AvgIpc) is 3.26. The summed E-state index contributed by atoms with van der Waals surface area (Å²) in [5, 5.41) is 2.72. The molecule has 3 rings (SSSR count). The number of hydrogen-bond acceptors (Lipinski definition) is 5. The van der Waals surface area contributed by atoms with Crippen LogP contribution in [0.15, 0.2) is 41.0 Å². The van der Waals surface area contributed by atoms with Gasteiger partial charge in [-0.05, 0) is 37.6 Å². The van der Waals surface area contributed by atoms with Crippen molar-refractivity contribution in [3.8, 4) is 0 Å². The van der Waals surface area contributed by atoms with Gasteiger partial charge in [-0.2, -0.15) is 0 Å². The summed E-state index contributed by atoms with van der Waals surface area (Å²) >= 11 is 0. The van der Waals surface area contributed by atoms with Crippen LogP contribution in [-0.2, 0) is 25.7 Å². The molecule has 7 heteroatoms. The molecule has 1 aromatic heterocycles. The second kappa shape index (κ2) is 8.07. The third-order valence-corrected chi connectivity index (χ3v) is 4.48. The van der Waals surface area contributed by atoms with Gasteiger partial charge in [-0.3, -0.25) is 14.4 Å². The Morgan fingerprint density at radius 3 is 2.81 bits per heavy atom. The minimum absolute atomic E-state index is 0.0816. The van der Waals surface area contributed by atoms with E-state index in [2.05, 4.69) is 5.32 Å². The van der Waals surface area contributed by atoms with E-state index in [1.165, 1.54) is 6.26 Å². The van der Waals surface area contributed by atoms with Crippen molar-refractivity contribution in [3.05, 3.63) is 53.5 Å². The van der Waals surface area contributed by atoms with Crippen molar-refractivity contribution < 1.29 is 23.5 Å². The molecule has 1 atom stereocenters. The van der Waals surface area contributed by atoms with Gasteiger partial charge in [-0.25, -0.2) is 0 Å². The lowest BCUT2D eigenvalue weighted by atomic mass is 10.1. The number of esters is 1. The van der Waals surface area contributed by atoms with Gasteiger partial charge in [0.25, 0.3) is 5.91 Å². The quantitative estimate of drug-likeness (QED) is 0.789. The van der Waals surface area contributed by atoms with E-state index in [1.807, 2.05) is 32.0 Å². The fourth-order valence-corrected chi connectivity index (χ4v) is 3.07. The number of amides is 2. The lowest BCUT2D eigenvalue weighted by Gasteiger charge is -2.15. The second-order valence-corrected chi connectivity index (χ2v) is 6.73. The number of nitrogens with one attached hydrogen (secondary N) is 1. The number of carbonyl (C=O) groups excluding carboxylic acids is 3. The van der Waals surface area contributed by atoms with Crippen molar-refractivity contribution in [2.24, 2.45) is 5.92 Å². The van der Waals surface area contributed by atoms with E-state index >= 15 is 0 Å². The molecule has 0 aliphatic carbocycles. The van der Waals surface area contributed by atoms with Crippen molar-refractivity contribution in [1.82, 2.24) is 4.90 Å². The third kappa shape index (κ3) is 4.75. The number of benzene rings is 1. The highest BCUT2D eigenvalue weighted by molar-refractivity contribution is 5.94. The molecule has 7 nitrogen and oxygen atoms in total. The minimum Gasteiger partial charge on any atom is -0.467 e. The summed E-state index contributed by atoms with van der Waals surface area (Å²) in [6, 6.07) is 9.19. The Morgan fingerprint density at radius 2 is 2.11 bits per heavy atom. The summed E-state index contributed by atoms with van der Waals surface area (Å²) in [5.41, 5.74) is 2.72. The Balaban J connectivity index is 1.47. The zero-order valence-corrected chi connectivity index (χ0v) is 15.4. The number of likely N-dealkylation sites (tertiary alicyclic amines) is 1. The minimum atomic E-state index is -0.568. The van der Waals surface area contributed by atoms with Crippen molar-refractivity contribution >= 4 is 23.5 Å². The fourth-order valence-electron chi connectivity index (χ4n) is 3.07. The predicted molar refractivity (Wildman–Crippen MR) is 97.7 cm³/mol. The second-order valence-electron chi connectivity index (χ2n) is 6.73. The Hall–Kier alpha value is -3.09. The van der Waals surface area contributed by atoms with Crippen molar-refractivity contribution in [3.63, 3.8) is 0 Å². The van der Waals surface area contributed by atoms with Gasteiger partial charge < -0.3 is 19.4 Å². The summed E-state index contributed by atoms with van der Waals surface area (Å²) in [5.74, 6) is -0.993. The van der Waals surface area contributed by atoms with Crippen LogP contribution < -0.4 is 5.32 Å². The summed E-state index contributed by atoms with van der Waals surface area (Å²) in [6.45, 7) is 4.07. The molecule has 1 fully saturated rings. The summed E-state index contributed by atoms with van der Waals surface area (Å²) in [6.07, 6.45) is 1.62. The maximum absolute atomic E-state index is 12.2. The molecule has 0 bridgehead atoms. The van der Waals surface area contributed by atoms with Crippen molar-refractivity contribution in [1.29, 1.82) is 0 Å². The number of hydrogen-bond donors (Lipinski definition) is 1. The standard InChI is InChI=1S/C20H22N2O5/c1-13-5-6-17(14(2)8-13)21-18(23)12-27-20(25)15-9-19(24)22(10-15)11-16-4-3-7-26-16/h3-8,15H,9-12H2,1-2H3,(H,21,23)/t15-/m0/s1. The first-order valence-corrected chi connectivity index (χ1v) is 8.76. The van der Waals surface area contributed by atoms with E-state index < -0.39 is 17.8 Å². The molecule has 2 aromatic rings. The highest BCUT2D eigenvalue weighted by Crippen LogP contribution is 2.22. The molecular formula is C20H22N2O5. The van der Waals surface area contributed by atoms with Crippen LogP contribution in [0, 0.1) is 19.8 Å². The van der Waals surface area contributed by atoms with E-state index in [4.69, 9.17) is 9.15 Å². The Labute approximate surface area is 157 Å². The molecule has 2 heterocycles. The third-order valence-electron chi connectivity index (χ3n) is 4.48. The molecule has 2 amide bonds. The smallest absolute Gasteiger partial charge is 0.311 e. The predicted octanol–water partition coefficient (Wildman–Crippen LogP) is 2.43. The van der Waals surface area contributed by atoms with Crippen molar-refractivity contribution in [2.75, 3.05) is 18.5 Å². The van der Waals surface area contributed by atoms with E-state index in [0.717, 1.165) is 11.1 Å². The zero-order chi connectivity index (χ0) is 19.4. The first-order chi connectivity index (χ1) is 12.9. The lowest BCUT2D eigenvalue weighted by molar-refractivity contribution is -0.151. The molecule has 1 aliphatic rings. The molecule has 142 valence electrons. The first kappa shape index (κ1) is 18.7. The summed E-state index contributed by atoms with van der Waals surface area (Å²) in [7, 11) is 0. The van der Waals surface area contributed by atoms with E-state index in [-0.39, 0.29) is 25.5 Å². The van der Waals surface area contributed by atoms with Gasteiger partial charge in [0.15, 0.2) is 6.61 Å². The van der Waals surface area contributed by atoms with Gasteiger partial charge in [-0.1, -0.05) is 17.7 Å². The summed E-state index contributed by atoms with van der Waals surface area (Å²) in [4.78, 5) is 37.8. The van der Waals surface area contributed by atoms with Crippen LogP contribution in [0.25, 0.3) is 0 Å². The van der Waals surface area contributed by atoms with Crippen LogP contribution in [-0.4, -0.2) is 35.8 Å². The highest BCUT2D eigenvalue weighted by Gasteiger charge is 2.35. The average molecular weight is 370 g/mol. The fraction of sp³-hybridized carbons (Fsp3) is 0.350. The van der Waals surface area contributed by atoms with Crippen LogP contribution in [0.3, 0.4) is 0 Å². The van der Waals surface area contributed by atoms with Gasteiger partial charge >= 0.3 is 5.97 Å². The normalized spacial score (nSPS) is 16.4. The monoisotopic (exact) mass is 370 g/mol. The Bertz CT molecular complexity index is 844. The first-order valence-electron chi connectivity index (χ1n) is 8.76. The lowest BCUT2D eigenvalue weighted by Crippen LogP contribution is -2.28. The van der Waals surface area contributed by atoms with Gasteiger partial charge in [0, 0.05) is 18.7 Å². The summed E-state index contributed by atoms with van der Waals surface area (Å²) < 4.78 is 10.3. The highest BCUT2D eigenvalue weighted by atomic mass is 16.5. The van der Waals surface area contributed by atoms with E-state index in [0.29, 0.717) is 18.0 Å². The number of carbonyl (C=O) groups is 3. The van der Waals surface area contributed by atoms with Gasteiger partial charge in [0.05, 0.1) is 18.7 Å². The molecule has 0 radical (unpaired) electrons. The number of furan rings is 1. The van der Waals surface area contributed by atoms with Gasteiger partial charge in [0.2, 0.25) is 5.91 Å². The molecule has 1 aliphatic heterocycles. The maximum atomic E-state index is 12.2. The van der Waals surface area contributed by atoms with Crippen LogP contribution in [0.5, 0.6) is 0 Å². The number of nitrogens with zero attached hydrogens (tertiary/aromatic N) is 1.